The van der Waals surface area contributed by atoms with Crippen LogP contribution in [0.4, 0.5) is 10.1 Å². The van der Waals surface area contributed by atoms with E-state index in [4.69, 9.17) is 16.0 Å². The molecule has 5 heteroatoms. The van der Waals surface area contributed by atoms with E-state index in [0.29, 0.717) is 17.0 Å². The van der Waals surface area contributed by atoms with Gasteiger partial charge in [-0.1, -0.05) is 29.8 Å². The monoisotopic (exact) mass is 288 g/mol. The van der Waals surface area contributed by atoms with Gasteiger partial charge in [-0.05, 0) is 17.7 Å². The summed E-state index contributed by atoms with van der Waals surface area (Å²) in [5, 5.41) is 3.41. The van der Waals surface area contributed by atoms with Crippen LogP contribution in [-0.2, 0) is 6.42 Å². The maximum atomic E-state index is 13.4. The van der Waals surface area contributed by atoms with Gasteiger partial charge >= 0.3 is 0 Å². The molecule has 0 amide bonds. The zero-order chi connectivity index (χ0) is 13.7. The number of fused-ring (bicyclic) bond motifs is 2. The van der Waals surface area contributed by atoms with Crippen LogP contribution >= 0.6 is 11.6 Å². The molecule has 4 rings (SSSR count). The second-order valence-corrected chi connectivity index (χ2v) is 5.25. The van der Waals surface area contributed by atoms with Crippen molar-refractivity contribution in [2.75, 3.05) is 5.32 Å². The number of rotatable bonds is 1. The van der Waals surface area contributed by atoms with Gasteiger partial charge in [0.05, 0.1) is 5.02 Å². The fraction of sp³-hybridized carbons (Fsp3) is 0.133. The molecule has 0 spiro atoms. The third-order valence-corrected chi connectivity index (χ3v) is 3.81. The molecule has 1 aromatic heterocycles. The maximum Gasteiger partial charge on any atom is 0.218 e. The predicted molar refractivity (Wildman–Crippen MR) is 75.5 cm³/mol. The average molecular weight is 289 g/mol. The SMILES string of the molecule is Fc1cc2oc(C3Cc4ccccc4N3)nc2cc1Cl. The van der Waals surface area contributed by atoms with Gasteiger partial charge in [-0.3, -0.25) is 0 Å². The summed E-state index contributed by atoms with van der Waals surface area (Å²) in [5.74, 6) is 0.0578. The van der Waals surface area contributed by atoms with Crippen LogP contribution in [0.25, 0.3) is 11.1 Å². The lowest BCUT2D eigenvalue weighted by Gasteiger charge is -2.05. The predicted octanol–water partition coefficient (Wildman–Crippen LogP) is 4.33. The van der Waals surface area contributed by atoms with E-state index in [1.54, 1.807) is 0 Å². The Morgan fingerprint density at radius 3 is 3.00 bits per heavy atom. The van der Waals surface area contributed by atoms with Crippen LogP contribution in [-0.4, -0.2) is 4.98 Å². The van der Waals surface area contributed by atoms with Gasteiger partial charge in [0, 0.05) is 18.2 Å². The number of nitrogens with one attached hydrogen (secondary N) is 1. The van der Waals surface area contributed by atoms with Gasteiger partial charge in [0.1, 0.15) is 17.4 Å². The van der Waals surface area contributed by atoms with Gasteiger partial charge in [-0.15, -0.1) is 0 Å². The summed E-state index contributed by atoms with van der Waals surface area (Å²) in [5.41, 5.74) is 3.30. The second kappa shape index (κ2) is 4.21. The second-order valence-electron chi connectivity index (χ2n) is 4.84. The number of aromatic nitrogens is 1. The lowest BCUT2D eigenvalue weighted by atomic mass is 10.1. The molecule has 1 N–H and O–H groups in total. The number of oxazole rings is 1. The number of para-hydroxylation sites is 1. The molecule has 0 bridgehead atoms. The van der Waals surface area contributed by atoms with E-state index >= 15 is 0 Å². The molecule has 2 heterocycles. The molecule has 0 fully saturated rings. The van der Waals surface area contributed by atoms with Crippen molar-refractivity contribution in [3.05, 3.63) is 58.7 Å². The van der Waals surface area contributed by atoms with Crippen molar-refractivity contribution in [1.82, 2.24) is 4.98 Å². The van der Waals surface area contributed by atoms with Crippen molar-refractivity contribution in [2.24, 2.45) is 0 Å². The lowest BCUT2D eigenvalue weighted by molar-refractivity contribution is 0.495. The summed E-state index contributed by atoms with van der Waals surface area (Å²) in [6.07, 6.45) is 0.805. The van der Waals surface area contributed by atoms with E-state index in [-0.39, 0.29) is 11.1 Å². The molecule has 1 aliphatic heterocycles. The molecule has 0 aliphatic carbocycles. The number of benzene rings is 2. The Bertz CT molecular complexity index is 751. The van der Waals surface area contributed by atoms with Gasteiger partial charge in [-0.2, -0.15) is 0 Å². The highest BCUT2D eigenvalue weighted by Gasteiger charge is 2.26. The molecule has 1 atom stereocenters. The Hall–Kier alpha value is -2.07. The van der Waals surface area contributed by atoms with Gasteiger partial charge in [-0.25, -0.2) is 9.37 Å². The van der Waals surface area contributed by atoms with Crippen molar-refractivity contribution in [2.45, 2.75) is 12.5 Å². The van der Waals surface area contributed by atoms with Crippen molar-refractivity contribution in [1.29, 1.82) is 0 Å². The van der Waals surface area contributed by atoms with Crippen molar-refractivity contribution in [3.63, 3.8) is 0 Å². The van der Waals surface area contributed by atoms with Crippen LogP contribution in [0.2, 0.25) is 5.02 Å². The fourth-order valence-electron chi connectivity index (χ4n) is 2.54. The molecule has 2 aromatic carbocycles. The first-order chi connectivity index (χ1) is 9.70. The van der Waals surface area contributed by atoms with E-state index in [9.17, 15) is 4.39 Å². The Morgan fingerprint density at radius 1 is 1.30 bits per heavy atom. The Labute approximate surface area is 119 Å². The zero-order valence-corrected chi connectivity index (χ0v) is 11.1. The Kier molecular flexibility index (Phi) is 2.47. The van der Waals surface area contributed by atoms with Crippen LogP contribution in [0, 0.1) is 5.82 Å². The van der Waals surface area contributed by atoms with E-state index in [2.05, 4.69) is 16.4 Å². The first-order valence-corrected chi connectivity index (χ1v) is 6.68. The first-order valence-electron chi connectivity index (χ1n) is 6.30. The highest BCUT2D eigenvalue weighted by Crippen LogP contribution is 2.35. The van der Waals surface area contributed by atoms with E-state index < -0.39 is 5.82 Å². The van der Waals surface area contributed by atoms with E-state index in [0.717, 1.165) is 12.1 Å². The molecular formula is C15H10ClFN2O. The van der Waals surface area contributed by atoms with Crippen LogP contribution in [0.3, 0.4) is 0 Å². The highest BCUT2D eigenvalue weighted by molar-refractivity contribution is 6.31. The summed E-state index contributed by atoms with van der Waals surface area (Å²) in [6.45, 7) is 0. The third-order valence-electron chi connectivity index (χ3n) is 3.52. The smallest absolute Gasteiger partial charge is 0.218 e. The molecule has 1 unspecified atom stereocenters. The Balaban J connectivity index is 1.74. The number of anilines is 1. The molecule has 1 aliphatic rings. The number of hydrogen-bond acceptors (Lipinski definition) is 3. The van der Waals surface area contributed by atoms with Crippen molar-refractivity contribution >= 4 is 28.4 Å². The fourth-order valence-corrected chi connectivity index (χ4v) is 2.70. The van der Waals surface area contributed by atoms with Gasteiger partial charge in [0.2, 0.25) is 5.89 Å². The van der Waals surface area contributed by atoms with Crippen LogP contribution in [0.1, 0.15) is 17.5 Å². The minimum Gasteiger partial charge on any atom is -0.438 e. The summed E-state index contributed by atoms with van der Waals surface area (Å²) in [4.78, 5) is 4.40. The molecule has 0 saturated carbocycles. The third kappa shape index (κ3) is 1.76. The van der Waals surface area contributed by atoms with Crippen LogP contribution in [0.15, 0.2) is 40.8 Å². The minimum atomic E-state index is -0.496. The molecule has 0 saturated heterocycles. The van der Waals surface area contributed by atoms with Crippen LogP contribution in [0.5, 0.6) is 0 Å². The molecule has 0 radical (unpaired) electrons. The van der Waals surface area contributed by atoms with Gasteiger partial charge < -0.3 is 9.73 Å². The standard InChI is InChI=1S/C15H10ClFN2O/c16-9-6-12-14(7-10(9)17)20-15(19-12)13-5-8-3-1-2-4-11(8)18-13/h1-4,6-7,13,18H,5H2. The average Bonchev–Trinajstić information content (AvgIpc) is 3.02. The topological polar surface area (TPSA) is 38.1 Å². The summed E-state index contributed by atoms with van der Waals surface area (Å²) < 4.78 is 19.1. The maximum absolute atomic E-state index is 13.4. The quantitative estimate of drug-likeness (QED) is 0.724. The number of hydrogen-bond donors (Lipinski definition) is 1. The first kappa shape index (κ1) is 11.7. The number of nitrogens with zero attached hydrogens (tertiary/aromatic N) is 1. The summed E-state index contributed by atoms with van der Waals surface area (Å²) >= 11 is 5.76. The molecule has 100 valence electrons. The molecular weight excluding hydrogens is 279 g/mol. The van der Waals surface area contributed by atoms with E-state index in [1.165, 1.54) is 17.7 Å². The highest BCUT2D eigenvalue weighted by atomic mass is 35.5. The summed E-state index contributed by atoms with van der Waals surface area (Å²) in [6, 6.07) is 10.8. The van der Waals surface area contributed by atoms with Crippen molar-refractivity contribution < 1.29 is 8.81 Å². The van der Waals surface area contributed by atoms with E-state index in [1.807, 2.05) is 18.2 Å². The molecule has 3 aromatic rings. The van der Waals surface area contributed by atoms with Gasteiger partial charge in [0.15, 0.2) is 5.58 Å². The summed E-state index contributed by atoms with van der Waals surface area (Å²) in [7, 11) is 0. The largest absolute Gasteiger partial charge is 0.438 e. The molecule has 3 nitrogen and oxygen atoms in total. The van der Waals surface area contributed by atoms with Crippen molar-refractivity contribution in [3.8, 4) is 0 Å². The Morgan fingerprint density at radius 2 is 2.15 bits per heavy atom. The minimum absolute atomic E-state index is 0.0263. The molecule has 20 heavy (non-hydrogen) atoms. The van der Waals surface area contributed by atoms with Gasteiger partial charge in [0.25, 0.3) is 0 Å². The zero-order valence-electron chi connectivity index (χ0n) is 10.4. The normalized spacial score (nSPS) is 17.2. The number of halogens is 2. The lowest BCUT2D eigenvalue weighted by Crippen LogP contribution is -2.05. The van der Waals surface area contributed by atoms with Crippen LogP contribution < -0.4 is 5.32 Å².